The highest BCUT2D eigenvalue weighted by Crippen LogP contribution is 2.41. The summed E-state index contributed by atoms with van der Waals surface area (Å²) < 4.78 is 11.7. The fourth-order valence-electron chi connectivity index (χ4n) is 13.6. The van der Waals surface area contributed by atoms with Crippen molar-refractivity contribution >= 4 is 87.9 Å². The van der Waals surface area contributed by atoms with Gasteiger partial charge in [-0.05, 0) is 264 Å². The average molecular weight is 1520 g/mol. The van der Waals surface area contributed by atoms with Gasteiger partial charge in [-0.25, -0.2) is 14.7 Å². The van der Waals surface area contributed by atoms with E-state index in [0.29, 0.717) is 67.7 Å². The summed E-state index contributed by atoms with van der Waals surface area (Å²) in [6.45, 7) is 25.8. The van der Waals surface area contributed by atoms with E-state index in [2.05, 4.69) is 54.2 Å². The van der Waals surface area contributed by atoms with Crippen LogP contribution in [0.5, 0.6) is 23.0 Å². The summed E-state index contributed by atoms with van der Waals surface area (Å²) in [5, 5.41) is 10.1. The van der Waals surface area contributed by atoms with Crippen molar-refractivity contribution in [1.82, 2.24) is 26.2 Å². The summed E-state index contributed by atoms with van der Waals surface area (Å²) in [5.74, 6) is -1.77. The normalized spacial score (nSPS) is 13.2. The molecule has 22 nitrogen and oxygen atoms in total. The number of anilines is 3. The number of ether oxygens (including phenoxy) is 2. The van der Waals surface area contributed by atoms with Crippen molar-refractivity contribution in [2.24, 2.45) is 0 Å². The Bertz CT molecular complexity index is 5670. The Morgan fingerprint density at radius 2 is 0.681 bits per heavy atom. The molecule has 113 heavy (non-hydrogen) atoms. The number of aryl methyl sites for hydroxylation is 6. The van der Waals surface area contributed by atoms with E-state index in [1.165, 1.54) is 86.0 Å². The van der Waals surface area contributed by atoms with Crippen molar-refractivity contribution in [2.75, 3.05) is 42.9 Å². The molecule has 10 aromatic carbocycles. The SMILES string of the molecule is CNC(=O)c1ccc2c(c1)C(=O)N(C(C)(C)c1cccc(C(C)(C)C)c1)C2=O.CNC(=O)c1ccc2c(c1)C(=O)N(c1c(C)cc(C)c(C)c1C)C2=O.CNC(=O)c1ccc2c(c1)C(=O)N(c1ccc(Oc3ccc(C)c(C)c3)cc1C)C2=O.CNC(=O)c1ccc2c(c1)C(=O)N(c1ccc(Oc3ccc(C)cc3)cc1)C2=O. The number of hydrogen-bond donors (Lipinski definition) is 4. The molecule has 0 atom stereocenters. The number of fused-ring (bicyclic) bond motifs is 4. The number of carbonyl (C=O) groups excluding carboxylic acids is 12. The van der Waals surface area contributed by atoms with Crippen LogP contribution in [0.15, 0.2) is 188 Å². The summed E-state index contributed by atoms with van der Waals surface area (Å²) in [7, 11) is 6.08. The summed E-state index contributed by atoms with van der Waals surface area (Å²) in [5.41, 5.74) is 14.4. The molecule has 0 saturated heterocycles. The molecular weight excluding hydrogens is 1430 g/mol. The number of imide groups is 4. The van der Waals surface area contributed by atoms with Gasteiger partial charge in [0.2, 0.25) is 0 Å². The van der Waals surface area contributed by atoms with Crippen LogP contribution in [0.1, 0.15) is 215 Å². The minimum Gasteiger partial charge on any atom is -0.457 e. The molecule has 4 aliphatic rings. The second-order valence-electron chi connectivity index (χ2n) is 29.3. The highest BCUT2D eigenvalue weighted by molar-refractivity contribution is 6.37. The zero-order chi connectivity index (χ0) is 82.1. The van der Waals surface area contributed by atoms with Gasteiger partial charge < -0.3 is 30.7 Å². The van der Waals surface area contributed by atoms with Crippen molar-refractivity contribution in [3.05, 3.63) is 310 Å². The number of amides is 12. The van der Waals surface area contributed by atoms with Crippen LogP contribution in [0, 0.1) is 55.4 Å². The van der Waals surface area contributed by atoms with Gasteiger partial charge in [-0.2, -0.15) is 0 Å². The standard InChI is InChI=1S/C25H22N2O4.C23H18N2O4.C23H26N2O3.C20H20N2O3/c1-14-5-7-18(11-15(14)2)31-19-8-10-22(16(3)12-19)27-24(29)20-9-6-17(23(28)26-4)13-21(20)25(27)30;1-14-3-8-17(9-4-14)29-18-10-6-16(7-11-18)25-22(27)19-12-5-15(21(26)24-2)13-20(19)23(25)28;1-22(2,3)15-8-7-9-16(13-15)23(4,5)25-20(27)17-11-10-14(19(26)24-6)12-18(17)21(25)28;1-10-8-11(2)17(13(4)12(10)3)22-19(24)15-7-6-14(18(23)21-5)9-16(15)20(22)25/h5-13H,1-4H3,(H,26,28);3-13H,1-2H3,(H,24,26);7-13H,1-6H3,(H,24,26);6-9H,1-5H3,(H,21,23). The van der Waals surface area contributed by atoms with Crippen molar-refractivity contribution in [1.29, 1.82) is 0 Å². The third-order valence-electron chi connectivity index (χ3n) is 20.5. The molecule has 0 bridgehead atoms. The molecule has 0 unspecified atom stereocenters. The fraction of sp³-hybridized carbons (Fsp3) is 0.209. The Labute approximate surface area is 655 Å². The fourth-order valence-corrected chi connectivity index (χ4v) is 13.6. The van der Waals surface area contributed by atoms with Crippen molar-refractivity contribution in [3.63, 3.8) is 0 Å². The summed E-state index contributed by atoms with van der Waals surface area (Å²) in [6, 6.07) is 53.7. The molecule has 0 saturated carbocycles. The van der Waals surface area contributed by atoms with Gasteiger partial charge in [0.25, 0.3) is 70.9 Å². The molecule has 0 spiro atoms. The summed E-state index contributed by atoms with van der Waals surface area (Å²) in [6.07, 6.45) is 0. The zero-order valence-electron chi connectivity index (χ0n) is 65.9. The first-order valence-electron chi connectivity index (χ1n) is 36.4. The highest BCUT2D eigenvalue weighted by Gasteiger charge is 2.46. The maximum atomic E-state index is 13.1. The monoisotopic (exact) mass is 1510 g/mol. The van der Waals surface area contributed by atoms with Crippen LogP contribution in [0.2, 0.25) is 0 Å². The van der Waals surface area contributed by atoms with Crippen molar-refractivity contribution in [2.45, 2.75) is 101 Å². The van der Waals surface area contributed by atoms with Gasteiger partial charge >= 0.3 is 0 Å². The molecule has 12 amide bonds. The number of hydrogen-bond acceptors (Lipinski definition) is 14. The number of nitrogens with one attached hydrogen (secondary N) is 4. The smallest absolute Gasteiger partial charge is 0.266 e. The molecule has 4 N–H and O–H groups in total. The van der Waals surface area contributed by atoms with Gasteiger partial charge in [-0.3, -0.25) is 62.4 Å². The lowest BCUT2D eigenvalue weighted by Crippen LogP contribution is -2.45. The molecule has 14 rings (SSSR count). The Kier molecular flexibility index (Phi) is 22.8. The van der Waals surface area contributed by atoms with Gasteiger partial charge in [0.05, 0.1) is 67.1 Å². The predicted octanol–water partition coefficient (Wildman–Crippen LogP) is 15.5. The molecule has 0 aliphatic carbocycles. The van der Waals surface area contributed by atoms with Crippen LogP contribution in [0.3, 0.4) is 0 Å². The minimum absolute atomic E-state index is 0.0451. The zero-order valence-corrected chi connectivity index (χ0v) is 65.9. The van der Waals surface area contributed by atoms with E-state index in [4.69, 9.17) is 9.47 Å². The molecule has 4 aliphatic heterocycles. The van der Waals surface area contributed by atoms with Gasteiger partial charge in [0.15, 0.2) is 0 Å². The maximum absolute atomic E-state index is 13.1. The molecule has 0 fully saturated rings. The first-order chi connectivity index (χ1) is 53.5. The van der Waals surface area contributed by atoms with Crippen LogP contribution < -0.4 is 45.4 Å². The number of benzene rings is 10. The lowest BCUT2D eigenvalue weighted by atomic mass is 9.83. The van der Waals surface area contributed by atoms with E-state index in [-0.39, 0.29) is 86.1 Å². The average Bonchev–Trinajstić information content (AvgIpc) is 1.61. The van der Waals surface area contributed by atoms with E-state index in [0.717, 1.165) is 65.6 Å². The van der Waals surface area contributed by atoms with Crippen LogP contribution in [-0.4, -0.2) is 104 Å². The third kappa shape index (κ3) is 15.8. The second-order valence-corrected chi connectivity index (χ2v) is 29.3. The Morgan fingerprint density at radius 1 is 0.310 bits per heavy atom. The Morgan fingerprint density at radius 3 is 1.14 bits per heavy atom. The predicted molar refractivity (Wildman–Crippen MR) is 432 cm³/mol. The maximum Gasteiger partial charge on any atom is 0.266 e. The van der Waals surface area contributed by atoms with Crippen molar-refractivity contribution in [3.8, 4) is 23.0 Å². The van der Waals surface area contributed by atoms with Crippen molar-refractivity contribution < 1.29 is 67.0 Å². The molecule has 0 aromatic heterocycles. The number of rotatable bonds is 13. The summed E-state index contributed by atoms with van der Waals surface area (Å²) >= 11 is 0. The molecular formula is C91H86N8O14. The third-order valence-corrected chi connectivity index (χ3v) is 20.5. The van der Waals surface area contributed by atoms with E-state index < -0.39 is 29.2 Å². The lowest BCUT2D eigenvalue weighted by molar-refractivity contribution is 0.0472. The molecule has 10 aromatic rings. The van der Waals surface area contributed by atoms with E-state index in [9.17, 15) is 57.5 Å². The first kappa shape index (κ1) is 80.3. The lowest BCUT2D eigenvalue weighted by Gasteiger charge is -2.35. The molecule has 574 valence electrons. The minimum atomic E-state index is -0.832. The first-order valence-corrected chi connectivity index (χ1v) is 36.4. The Hall–Kier alpha value is -13.8. The largest absolute Gasteiger partial charge is 0.457 e. The molecule has 22 heteroatoms. The number of nitrogens with zero attached hydrogens (tertiary/aromatic N) is 4. The van der Waals surface area contributed by atoms with Gasteiger partial charge in [-0.15, -0.1) is 0 Å². The van der Waals surface area contributed by atoms with Crippen LogP contribution in [0.25, 0.3) is 0 Å². The highest BCUT2D eigenvalue weighted by atomic mass is 16.5. The van der Waals surface area contributed by atoms with Crippen LogP contribution in [-0.2, 0) is 11.0 Å². The van der Waals surface area contributed by atoms with Gasteiger partial charge in [0.1, 0.15) is 23.0 Å². The summed E-state index contributed by atoms with van der Waals surface area (Å²) in [4.78, 5) is 156. The van der Waals surface area contributed by atoms with E-state index in [1.807, 2.05) is 130 Å². The quantitative estimate of drug-likeness (QED) is 0.0781. The van der Waals surface area contributed by atoms with E-state index in [1.54, 1.807) is 72.8 Å². The van der Waals surface area contributed by atoms with Crippen LogP contribution in [0.4, 0.5) is 17.1 Å². The topological polar surface area (TPSA) is 284 Å². The Balaban J connectivity index is 0.000000149. The van der Waals surface area contributed by atoms with Crippen LogP contribution >= 0.6 is 0 Å². The molecule has 4 heterocycles. The molecule has 0 radical (unpaired) electrons. The second kappa shape index (κ2) is 32.1. The number of carbonyl (C=O) groups is 12. The van der Waals surface area contributed by atoms with Gasteiger partial charge in [0, 0.05) is 50.4 Å². The van der Waals surface area contributed by atoms with Gasteiger partial charge in [-0.1, -0.05) is 74.9 Å². The van der Waals surface area contributed by atoms with E-state index >= 15 is 0 Å².